The maximum Gasteiger partial charge on any atom is 0.272 e. The fourth-order valence-electron chi connectivity index (χ4n) is 3.08. The first-order chi connectivity index (χ1) is 13.9. The Morgan fingerprint density at radius 2 is 1.45 bits per heavy atom. The van der Waals surface area contributed by atoms with Gasteiger partial charge in [-0.25, -0.2) is 17.6 Å². The van der Waals surface area contributed by atoms with Gasteiger partial charge in [-0.3, -0.25) is 0 Å². The lowest BCUT2D eigenvalue weighted by molar-refractivity contribution is 0.0795. The summed E-state index contributed by atoms with van der Waals surface area (Å²) in [6.07, 6.45) is -0.866. The second-order valence-electron chi connectivity index (χ2n) is 6.58. The van der Waals surface area contributed by atoms with Gasteiger partial charge in [0.1, 0.15) is 12.4 Å². The molecular formula is C23H19F5O. The molecule has 0 bridgehead atoms. The Hall–Kier alpha value is -2.89. The van der Waals surface area contributed by atoms with Crippen molar-refractivity contribution in [2.45, 2.75) is 26.2 Å². The van der Waals surface area contributed by atoms with E-state index in [2.05, 4.69) is 11.7 Å². The Bertz CT molecular complexity index is 983. The lowest BCUT2D eigenvalue weighted by Gasteiger charge is -2.11. The van der Waals surface area contributed by atoms with E-state index >= 15 is 0 Å². The number of hydrogen-bond donors (Lipinski definition) is 0. The zero-order valence-corrected chi connectivity index (χ0v) is 15.7. The molecule has 0 saturated carbocycles. The molecule has 1 nitrogen and oxygen atoms in total. The molecular weight excluding hydrogens is 387 g/mol. The van der Waals surface area contributed by atoms with Gasteiger partial charge in [-0.15, -0.1) is 0 Å². The van der Waals surface area contributed by atoms with Gasteiger partial charge in [0.25, 0.3) is 6.43 Å². The van der Waals surface area contributed by atoms with E-state index in [0.717, 1.165) is 30.5 Å². The van der Waals surface area contributed by atoms with Crippen molar-refractivity contribution in [1.29, 1.82) is 0 Å². The van der Waals surface area contributed by atoms with Gasteiger partial charge in [0, 0.05) is 11.1 Å². The predicted molar refractivity (Wildman–Crippen MR) is 103 cm³/mol. The number of benzene rings is 3. The SMILES string of the molecule is CCCc1ccc(-c2ccc(-c3ccc(OCC(F)F)c(F)c3F)cc2F)cc1. The van der Waals surface area contributed by atoms with Crippen molar-refractivity contribution in [2.75, 3.05) is 6.61 Å². The first-order valence-corrected chi connectivity index (χ1v) is 9.19. The largest absolute Gasteiger partial charge is 0.484 e. The van der Waals surface area contributed by atoms with Gasteiger partial charge < -0.3 is 4.74 Å². The third-order valence-corrected chi connectivity index (χ3v) is 4.50. The quantitative estimate of drug-likeness (QED) is 0.383. The zero-order valence-electron chi connectivity index (χ0n) is 15.7. The molecule has 0 radical (unpaired) electrons. The minimum atomic E-state index is -2.81. The summed E-state index contributed by atoms with van der Waals surface area (Å²) in [5.41, 5.74) is 2.12. The van der Waals surface area contributed by atoms with Crippen molar-refractivity contribution >= 4 is 0 Å². The topological polar surface area (TPSA) is 9.23 Å². The van der Waals surface area contributed by atoms with Gasteiger partial charge in [0.05, 0.1) is 0 Å². The summed E-state index contributed by atoms with van der Waals surface area (Å²) in [5.74, 6) is -3.87. The highest BCUT2D eigenvalue weighted by atomic mass is 19.3. The number of ether oxygens (including phenoxy) is 1. The Kier molecular flexibility index (Phi) is 6.52. The highest BCUT2D eigenvalue weighted by molar-refractivity contribution is 5.72. The molecule has 3 rings (SSSR count). The van der Waals surface area contributed by atoms with Gasteiger partial charge in [-0.2, -0.15) is 4.39 Å². The van der Waals surface area contributed by atoms with Crippen LogP contribution in [0.15, 0.2) is 54.6 Å². The average molecular weight is 406 g/mol. The summed E-state index contributed by atoms with van der Waals surface area (Å²) < 4.78 is 72.1. The molecule has 29 heavy (non-hydrogen) atoms. The molecule has 6 heteroatoms. The molecule has 0 spiro atoms. The lowest BCUT2D eigenvalue weighted by atomic mass is 9.98. The molecule has 0 saturated heterocycles. The Balaban J connectivity index is 1.89. The standard InChI is InChI=1S/C23H19F5O/c1-2-3-14-4-6-15(7-5-14)17-9-8-16(12-19(17)24)18-10-11-20(23(28)22(18)27)29-13-21(25)26/h4-12,21H,2-3,13H2,1H3. The van der Waals surface area contributed by atoms with Gasteiger partial charge in [0.15, 0.2) is 11.6 Å². The predicted octanol–water partition coefficient (Wildman–Crippen LogP) is 7.03. The van der Waals surface area contributed by atoms with Gasteiger partial charge in [-0.1, -0.05) is 49.7 Å². The number of halogens is 5. The van der Waals surface area contributed by atoms with Crippen LogP contribution in [-0.4, -0.2) is 13.0 Å². The summed E-state index contributed by atoms with van der Waals surface area (Å²) >= 11 is 0. The molecule has 0 aliphatic rings. The van der Waals surface area contributed by atoms with E-state index in [1.54, 1.807) is 0 Å². The first kappa shape index (κ1) is 20.8. The lowest BCUT2D eigenvalue weighted by Crippen LogP contribution is -2.08. The van der Waals surface area contributed by atoms with Crippen LogP contribution in [0.25, 0.3) is 22.3 Å². The van der Waals surface area contributed by atoms with E-state index < -0.39 is 36.2 Å². The minimum Gasteiger partial charge on any atom is -0.484 e. The van der Waals surface area contributed by atoms with Gasteiger partial charge in [0.2, 0.25) is 5.82 Å². The Morgan fingerprint density at radius 1 is 0.793 bits per heavy atom. The van der Waals surface area contributed by atoms with E-state index in [0.29, 0.717) is 11.1 Å². The van der Waals surface area contributed by atoms with Crippen LogP contribution in [0.1, 0.15) is 18.9 Å². The van der Waals surface area contributed by atoms with Crippen molar-refractivity contribution in [2.24, 2.45) is 0 Å². The molecule has 0 aliphatic heterocycles. The summed E-state index contributed by atoms with van der Waals surface area (Å²) in [4.78, 5) is 0. The van der Waals surface area contributed by atoms with Crippen molar-refractivity contribution in [3.63, 3.8) is 0 Å². The molecule has 0 heterocycles. The third kappa shape index (κ3) is 4.75. The van der Waals surface area contributed by atoms with Crippen molar-refractivity contribution in [3.8, 4) is 28.0 Å². The van der Waals surface area contributed by atoms with Crippen molar-refractivity contribution in [1.82, 2.24) is 0 Å². The highest BCUT2D eigenvalue weighted by Gasteiger charge is 2.18. The first-order valence-electron chi connectivity index (χ1n) is 9.19. The Morgan fingerprint density at radius 3 is 2.07 bits per heavy atom. The number of alkyl halides is 2. The van der Waals surface area contributed by atoms with Crippen LogP contribution in [0, 0.1) is 17.5 Å². The molecule has 0 aromatic heterocycles. The minimum absolute atomic E-state index is 0.130. The fraction of sp³-hybridized carbons (Fsp3) is 0.217. The normalized spacial score (nSPS) is 11.1. The number of aryl methyl sites for hydroxylation is 1. The van der Waals surface area contributed by atoms with E-state index in [-0.39, 0.29) is 11.1 Å². The summed E-state index contributed by atoms with van der Waals surface area (Å²) in [6, 6.07) is 13.8. The molecule has 0 unspecified atom stereocenters. The monoisotopic (exact) mass is 406 g/mol. The molecule has 0 fully saturated rings. The van der Waals surface area contributed by atoms with Crippen LogP contribution >= 0.6 is 0 Å². The molecule has 0 aliphatic carbocycles. The molecule has 3 aromatic carbocycles. The zero-order chi connectivity index (χ0) is 21.0. The summed E-state index contributed by atoms with van der Waals surface area (Å²) in [7, 11) is 0. The van der Waals surface area contributed by atoms with Crippen LogP contribution in [-0.2, 0) is 6.42 Å². The van der Waals surface area contributed by atoms with E-state index in [1.807, 2.05) is 24.3 Å². The van der Waals surface area contributed by atoms with Crippen LogP contribution in [0.5, 0.6) is 5.75 Å². The fourth-order valence-corrected chi connectivity index (χ4v) is 3.08. The Labute approximate surface area is 165 Å². The van der Waals surface area contributed by atoms with Crippen molar-refractivity contribution < 1.29 is 26.7 Å². The molecule has 3 aromatic rings. The van der Waals surface area contributed by atoms with Crippen LogP contribution in [0.2, 0.25) is 0 Å². The second-order valence-corrected chi connectivity index (χ2v) is 6.58. The molecule has 0 N–H and O–H groups in total. The van der Waals surface area contributed by atoms with E-state index in [1.165, 1.54) is 18.2 Å². The van der Waals surface area contributed by atoms with Crippen molar-refractivity contribution in [3.05, 3.63) is 77.6 Å². The molecule has 152 valence electrons. The van der Waals surface area contributed by atoms with E-state index in [4.69, 9.17) is 0 Å². The summed E-state index contributed by atoms with van der Waals surface area (Å²) in [5, 5.41) is 0. The second kappa shape index (κ2) is 9.07. The molecule has 0 amide bonds. The number of rotatable bonds is 7. The number of hydrogen-bond acceptors (Lipinski definition) is 1. The third-order valence-electron chi connectivity index (χ3n) is 4.50. The maximum atomic E-state index is 14.7. The average Bonchev–Trinajstić information content (AvgIpc) is 2.70. The summed E-state index contributed by atoms with van der Waals surface area (Å²) in [6.45, 7) is 1.03. The van der Waals surface area contributed by atoms with Crippen LogP contribution in [0.4, 0.5) is 22.0 Å². The highest BCUT2D eigenvalue weighted by Crippen LogP contribution is 2.33. The smallest absolute Gasteiger partial charge is 0.272 e. The van der Waals surface area contributed by atoms with Crippen LogP contribution in [0.3, 0.4) is 0 Å². The molecule has 0 atom stereocenters. The van der Waals surface area contributed by atoms with Crippen LogP contribution < -0.4 is 4.74 Å². The van der Waals surface area contributed by atoms with Gasteiger partial charge in [-0.05, 0) is 41.3 Å². The maximum absolute atomic E-state index is 14.7. The van der Waals surface area contributed by atoms with E-state index in [9.17, 15) is 22.0 Å². The van der Waals surface area contributed by atoms with Gasteiger partial charge >= 0.3 is 0 Å².